The predicted molar refractivity (Wildman–Crippen MR) is 49.4 cm³/mol. The van der Waals surface area contributed by atoms with E-state index in [1.165, 1.54) is 6.34 Å². The summed E-state index contributed by atoms with van der Waals surface area (Å²) in [5, 5.41) is 0. The molecule has 0 aliphatic rings. The molecule has 1 aromatic rings. The summed E-state index contributed by atoms with van der Waals surface area (Å²) < 4.78 is 5.05. The number of hydrogen-bond acceptors (Lipinski definition) is 2. The Kier molecular flexibility index (Phi) is 3.14. The molecule has 0 atom stereocenters. The fraction of sp³-hybridized carbons (Fsp3) is 0.222. The number of nitrogens with two attached hydrogens (primary N) is 1. The van der Waals surface area contributed by atoms with E-state index in [9.17, 15) is 0 Å². The highest BCUT2D eigenvalue weighted by atomic mass is 16.5. The van der Waals surface area contributed by atoms with Crippen LogP contribution in [-0.4, -0.2) is 13.4 Å². The van der Waals surface area contributed by atoms with Gasteiger partial charge in [0.25, 0.3) is 0 Å². The first-order valence-electron chi connectivity index (χ1n) is 3.70. The zero-order valence-electron chi connectivity index (χ0n) is 7.03. The average Bonchev–Trinajstić information content (AvgIpc) is 2.15. The van der Waals surface area contributed by atoms with Crippen LogP contribution in [0, 0.1) is 0 Å². The van der Waals surface area contributed by atoms with Crippen LogP contribution < -0.4 is 10.5 Å². The Hall–Kier alpha value is -1.51. The molecule has 0 heterocycles. The maximum Gasteiger partial charge on any atom is 0.119 e. The molecule has 0 unspecified atom stereocenters. The first kappa shape index (κ1) is 8.59. The Bertz CT molecular complexity index is 271. The topological polar surface area (TPSA) is 47.6 Å². The van der Waals surface area contributed by atoms with Crippen LogP contribution in [0.3, 0.4) is 0 Å². The standard InChI is InChI=1S/C9H12N2O/c1-12-9-4-2-3-8(5-9)6-11-7-10/h2-5,7H,6H2,1H3,(H2,10,11). The SMILES string of the molecule is COc1cccc(CN=CN)c1. The summed E-state index contributed by atoms with van der Waals surface area (Å²) in [5.41, 5.74) is 6.22. The molecule has 0 fully saturated rings. The largest absolute Gasteiger partial charge is 0.497 e. The molecule has 0 spiro atoms. The van der Waals surface area contributed by atoms with E-state index in [4.69, 9.17) is 10.5 Å². The van der Waals surface area contributed by atoms with Crippen molar-refractivity contribution in [1.29, 1.82) is 0 Å². The van der Waals surface area contributed by atoms with E-state index >= 15 is 0 Å². The van der Waals surface area contributed by atoms with Crippen LogP contribution in [0.2, 0.25) is 0 Å². The Morgan fingerprint density at radius 1 is 1.58 bits per heavy atom. The summed E-state index contributed by atoms with van der Waals surface area (Å²) in [6.45, 7) is 0.605. The molecule has 0 amide bonds. The quantitative estimate of drug-likeness (QED) is 0.538. The highest BCUT2D eigenvalue weighted by Crippen LogP contribution is 2.12. The average molecular weight is 164 g/mol. The minimum atomic E-state index is 0.605. The van der Waals surface area contributed by atoms with Gasteiger partial charge in [-0.15, -0.1) is 0 Å². The molecular formula is C9H12N2O. The molecule has 1 aromatic carbocycles. The summed E-state index contributed by atoms with van der Waals surface area (Å²) in [4.78, 5) is 3.91. The van der Waals surface area contributed by atoms with E-state index in [1.807, 2.05) is 24.3 Å². The fourth-order valence-electron chi connectivity index (χ4n) is 0.929. The molecule has 2 N–H and O–H groups in total. The van der Waals surface area contributed by atoms with E-state index in [-0.39, 0.29) is 0 Å². The number of methoxy groups -OCH3 is 1. The van der Waals surface area contributed by atoms with Gasteiger partial charge in [-0.1, -0.05) is 12.1 Å². The van der Waals surface area contributed by atoms with Gasteiger partial charge >= 0.3 is 0 Å². The maximum absolute atomic E-state index is 5.12. The molecule has 0 aromatic heterocycles. The van der Waals surface area contributed by atoms with E-state index < -0.39 is 0 Å². The van der Waals surface area contributed by atoms with Crippen molar-refractivity contribution in [2.45, 2.75) is 6.54 Å². The number of nitrogens with zero attached hydrogens (tertiary/aromatic N) is 1. The van der Waals surface area contributed by atoms with Crippen molar-refractivity contribution in [2.24, 2.45) is 10.7 Å². The van der Waals surface area contributed by atoms with Gasteiger partial charge in [0.05, 0.1) is 20.0 Å². The highest BCUT2D eigenvalue weighted by Gasteiger charge is 1.92. The summed E-state index contributed by atoms with van der Waals surface area (Å²) >= 11 is 0. The molecule has 0 saturated carbocycles. The molecule has 0 bridgehead atoms. The van der Waals surface area contributed by atoms with Crippen molar-refractivity contribution >= 4 is 6.34 Å². The van der Waals surface area contributed by atoms with E-state index in [2.05, 4.69) is 4.99 Å². The van der Waals surface area contributed by atoms with Gasteiger partial charge in [-0.25, -0.2) is 0 Å². The lowest BCUT2D eigenvalue weighted by atomic mass is 10.2. The van der Waals surface area contributed by atoms with Gasteiger partial charge in [-0.3, -0.25) is 4.99 Å². The smallest absolute Gasteiger partial charge is 0.119 e. The third-order valence-corrected chi connectivity index (χ3v) is 1.51. The molecule has 0 aliphatic carbocycles. The lowest BCUT2D eigenvalue weighted by Gasteiger charge is -2.00. The summed E-state index contributed by atoms with van der Waals surface area (Å²) in [6.07, 6.45) is 1.31. The number of hydrogen-bond donors (Lipinski definition) is 1. The minimum absolute atomic E-state index is 0.605. The van der Waals surface area contributed by atoms with Crippen molar-refractivity contribution in [3.8, 4) is 5.75 Å². The highest BCUT2D eigenvalue weighted by molar-refractivity contribution is 5.51. The number of rotatable bonds is 3. The van der Waals surface area contributed by atoms with Gasteiger partial charge < -0.3 is 10.5 Å². The van der Waals surface area contributed by atoms with Crippen molar-refractivity contribution in [2.75, 3.05) is 7.11 Å². The zero-order chi connectivity index (χ0) is 8.81. The van der Waals surface area contributed by atoms with Gasteiger partial charge in [0, 0.05) is 0 Å². The van der Waals surface area contributed by atoms with Crippen LogP contribution in [0.15, 0.2) is 29.3 Å². The molecule has 0 aliphatic heterocycles. The molecule has 3 heteroatoms. The summed E-state index contributed by atoms with van der Waals surface area (Å²) in [6, 6.07) is 7.75. The summed E-state index contributed by atoms with van der Waals surface area (Å²) in [7, 11) is 1.64. The van der Waals surface area contributed by atoms with Gasteiger partial charge in [-0.2, -0.15) is 0 Å². The Balaban J connectivity index is 2.72. The van der Waals surface area contributed by atoms with Gasteiger partial charge in [-0.05, 0) is 17.7 Å². The second-order valence-corrected chi connectivity index (χ2v) is 2.34. The zero-order valence-corrected chi connectivity index (χ0v) is 7.03. The maximum atomic E-state index is 5.12. The molecule has 64 valence electrons. The van der Waals surface area contributed by atoms with Gasteiger partial charge in [0.15, 0.2) is 0 Å². The van der Waals surface area contributed by atoms with Crippen LogP contribution in [0.5, 0.6) is 5.75 Å². The van der Waals surface area contributed by atoms with Gasteiger partial charge in [0.1, 0.15) is 5.75 Å². The minimum Gasteiger partial charge on any atom is -0.497 e. The van der Waals surface area contributed by atoms with Crippen LogP contribution in [0.25, 0.3) is 0 Å². The van der Waals surface area contributed by atoms with Crippen molar-refractivity contribution < 1.29 is 4.74 Å². The second kappa shape index (κ2) is 4.38. The Morgan fingerprint density at radius 2 is 2.42 bits per heavy atom. The van der Waals surface area contributed by atoms with Crippen LogP contribution >= 0.6 is 0 Å². The van der Waals surface area contributed by atoms with Crippen molar-refractivity contribution in [1.82, 2.24) is 0 Å². The number of ether oxygens (including phenoxy) is 1. The molecule has 3 nitrogen and oxygen atoms in total. The third-order valence-electron chi connectivity index (χ3n) is 1.51. The van der Waals surface area contributed by atoms with E-state index in [1.54, 1.807) is 7.11 Å². The lowest BCUT2D eigenvalue weighted by Crippen LogP contribution is -1.91. The molecule has 0 radical (unpaired) electrons. The van der Waals surface area contributed by atoms with Crippen LogP contribution in [0.1, 0.15) is 5.56 Å². The van der Waals surface area contributed by atoms with Crippen LogP contribution in [-0.2, 0) is 6.54 Å². The second-order valence-electron chi connectivity index (χ2n) is 2.34. The Labute approximate surface area is 71.9 Å². The predicted octanol–water partition coefficient (Wildman–Crippen LogP) is 1.18. The molecular weight excluding hydrogens is 152 g/mol. The normalized spacial score (nSPS) is 10.4. The fourth-order valence-corrected chi connectivity index (χ4v) is 0.929. The third kappa shape index (κ3) is 2.27. The summed E-state index contributed by atoms with van der Waals surface area (Å²) in [5.74, 6) is 0.847. The van der Waals surface area contributed by atoms with Crippen molar-refractivity contribution in [3.63, 3.8) is 0 Å². The molecule has 1 rings (SSSR count). The number of benzene rings is 1. The molecule has 12 heavy (non-hydrogen) atoms. The van der Waals surface area contributed by atoms with E-state index in [0.717, 1.165) is 11.3 Å². The first-order chi connectivity index (χ1) is 5.86. The van der Waals surface area contributed by atoms with Crippen LogP contribution in [0.4, 0.5) is 0 Å². The molecule has 0 saturated heterocycles. The number of aliphatic imine (C=N–C) groups is 1. The van der Waals surface area contributed by atoms with E-state index in [0.29, 0.717) is 6.54 Å². The van der Waals surface area contributed by atoms with Crippen molar-refractivity contribution in [3.05, 3.63) is 29.8 Å². The first-order valence-corrected chi connectivity index (χ1v) is 3.70. The Morgan fingerprint density at radius 3 is 3.08 bits per heavy atom. The lowest BCUT2D eigenvalue weighted by molar-refractivity contribution is 0.414. The monoisotopic (exact) mass is 164 g/mol. The van der Waals surface area contributed by atoms with Gasteiger partial charge in [0.2, 0.25) is 0 Å².